The average Bonchev–Trinajstić information content (AvgIpc) is 2.69. The van der Waals surface area contributed by atoms with Gasteiger partial charge in [-0.05, 0) is 17.7 Å². The summed E-state index contributed by atoms with van der Waals surface area (Å²) >= 11 is 0. The van der Waals surface area contributed by atoms with E-state index in [9.17, 15) is 0 Å². The zero-order valence-corrected chi connectivity index (χ0v) is 10.1. The Morgan fingerprint density at radius 2 is 1.88 bits per heavy atom. The fraction of sp³-hybridized carbons (Fsp3) is 0.250. The maximum Gasteiger partial charge on any atom is 0.161 e. The van der Waals surface area contributed by atoms with Crippen LogP contribution in [-0.4, -0.2) is 24.0 Å². The summed E-state index contributed by atoms with van der Waals surface area (Å²) in [6.45, 7) is 0. The summed E-state index contributed by atoms with van der Waals surface area (Å²) in [6.07, 6.45) is 1.73. The third-order valence-electron chi connectivity index (χ3n) is 2.68. The number of benzene rings is 1. The number of hydrogen-bond donors (Lipinski definition) is 1. The van der Waals surface area contributed by atoms with Gasteiger partial charge in [0.2, 0.25) is 0 Å². The van der Waals surface area contributed by atoms with E-state index in [-0.39, 0.29) is 0 Å². The van der Waals surface area contributed by atoms with Crippen LogP contribution in [0, 0.1) is 0 Å². The molecule has 1 heterocycles. The van der Waals surface area contributed by atoms with Crippen LogP contribution in [0.3, 0.4) is 0 Å². The molecule has 5 nitrogen and oxygen atoms in total. The minimum absolute atomic E-state index is 0.622. The smallest absolute Gasteiger partial charge is 0.161 e. The van der Waals surface area contributed by atoms with E-state index in [0.717, 1.165) is 11.1 Å². The molecule has 5 heteroatoms. The van der Waals surface area contributed by atoms with Gasteiger partial charge in [-0.15, -0.1) is 0 Å². The first-order valence-corrected chi connectivity index (χ1v) is 5.17. The Morgan fingerprint density at radius 3 is 2.41 bits per heavy atom. The van der Waals surface area contributed by atoms with E-state index in [4.69, 9.17) is 15.2 Å². The van der Waals surface area contributed by atoms with Gasteiger partial charge in [-0.1, -0.05) is 6.07 Å². The molecule has 1 aromatic heterocycles. The van der Waals surface area contributed by atoms with Gasteiger partial charge < -0.3 is 15.2 Å². The number of methoxy groups -OCH3 is 2. The molecule has 2 rings (SSSR count). The molecule has 0 saturated carbocycles. The van der Waals surface area contributed by atoms with Crippen LogP contribution in [0.4, 0.5) is 5.82 Å². The van der Waals surface area contributed by atoms with Gasteiger partial charge in [-0.25, -0.2) is 0 Å². The molecule has 0 fully saturated rings. The van der Waals surface area contributed by atoms with Gasteiger partial charge in [0.15, 0.2) is 11.5 Å². The summed E-state index contributed by atoms with van der Waals surface area (Å²) in [6, 6.07) is 5.65. The van der Waals surface area contributed by atoms with Crippen molar-refractivity contribution in [2.45, 2.75) is 0 Å². The fourth-order valence-corrected chi connectivity index (χ4v) is 1.67. The second-order valence-electron chi connectivity index (χ2n) is 3.64. The Labute approximate surface area is 99.8 Å². The lowest BCUT2D eigenvalue weighted by Crippen LogP contribution is -1.98. The minimum Gasteiger partial charge on any atom is -0.493 e. The van der Waals surface area contributed by atoms with Crippen LogP contribution in [0.1, 0.15) is 0 Å². The van der Waals surface area contributed by atoms with Crippen molar-refractivity contribution in [2.75, 3.05) is 20.0 Å². The molecule has 0 saturated heterocycles. The number of anilines is 1. The van der Waals surface area contributed by atoms with Crippen molar-refractivity contribution in [3.05, 3.63) is 24.4 Å². The molecule has 0 atom stereocenters. The van der Waals surface area contributed by atoms with E-state index in [2.05, 4.69) is 5.10 Å². The molecule has 0 spiro atoms. The summed E-state index contributed by atoms with van der Waals surface area (Å²) in [4.78, 5) is 0. The van der Waals surface area contributed by atoms with Crippen LogP contribution in [0.2, 0.25) is 0 Å². The molecule has 1 aromatic carbocycles. The largest absolute Gasteiger partial charge is 0.493 e. The number of rotatable bonds is 3. The maximum absolute atomic E-state index is 5.93. The first kappa shape index (κ1) is 11.3. The van der Waals surface area contributed by atoms with Gasteiger partial charge in [0.05, 0.1) is 20.4 Å². The van der Waals surface area contributed by atoms with Crippen molar-refractivity contribution in [1.82, 2.24) is 9.78 Å². The molecule has 2 N–H and O–H groups in total. The van der Waals surface area contributed by atoms with Crippen molar-refractivity contribution in [3.63, 3.8) is 0 Å². The number of ether oxygens (including phenoxy) is 2. The van der Waals surface area contributed by atoms with Gasteiger partial charge in [-0.2, -0.15) is 5.10 Å². The quantitative estimate of drug-likeness (QED) is 0.876. The number of nitrogens with zero attached hydrogens (tertiary/aromatic N) is 2. The van der Waals surface area contributed by atoms with E-state index in [1.54, 1.807) is 32.1 Å². The molecule has 0 aliphatic heterocycles. The minimum atomic E-state index is 0.622. The Kier molecular flexibility index (Phi) is 2.91. The normalized spacial score (nSPS) is 10.3. The molecule has 0 unspecified atom stereocenters. The van der Waals surface area contributed by atoms with Crippen LogP contribution >= 0.6 is 0 Å². The molecule has 0 aliphatic rings. The van der Waals surface area contributed by atoms with Crippen molar-refractivity contribution in [2.24, 2.45) is 7.05 Å². The van der Waals surface area contributed by atoms with Crippen LogP contribution in [-0.2, 0) is 7.05 Å². The van der Waals surface area contributed by atoms with Crippen LogP contribution in [0.5, 0.6) is 11.5 Å². The van der Waals surface area contributed by atoms with Crippen molar-refractivity contribution in [1.29, 1.82) is 0 Å². The monoisotopic (exact) mass is 233 g/mol. The molecule has 0 bridgehead atoms. The standard InChI is InChI=1S/C12H15N3O2/c1-15-12(13)9(7-14-15)8-4-5-10(16-2)11(6-8)17-3/h4-7H,13H2,1-3H3. The lowest BCUT2D eigenvalue weighted by atomic mass is 10.1. The zero-order valence-electron chi connectivity index (χ0n) is 10.1. The van der Waals surface area contributed by atoms with Gasteiger partial charge in [0.25, 0.3) is 0 Å². The Hall–Kier alpha value is -2.17. The zero-order chi connectivity index (χ0) is 12.4. The molecular weight excluding hydrogens is 218 g/mol. The fourth-order valence-electron chi connectivity index (χ4n) is 1.67. The molecular formula is C12H15N3O2. The summed E-state index contributed by atoms with van der Waals surface area (Å²) in [5.41, 5.74) is 7.76. The highest BCUT2D eigenvalue weighted by atomic mass is 16.5. The van der Waals surface area contributed by atoms with Crippen LogP contribution in [0.15, 0.2) is 24.4 Å². The average molecular weight is 233 g/mol. The topological polar surface area (TPSA) is 62.3 Å². The Morgan fingerprint density at radius 1 is 1.18 bits per heavy atom. The molecule has 0 aliphatic carbocycles. The summed E-state index contributed by atoms with van der Waals surface area (Å²) in [5, 5.41) is 4.11. The van der Waals surface area contributed by atoms with E-state index >= 15 is 0 Å². The van der Waals surface area contributed by atoms with Gasteiger partial charge in [-0.3, -0.25) is 4.68 Å². The first-order chi connectivity index (χ1) is 8.17. The first-order valence-electron chi connectivity index (χ1n) is 5.17. The molecule has 90 valence electrons. The highest BCUT2D eigenvalue weighted by Gasteiger charge is 2.10. The highest BCUT2D eigenvalue weighted by molar-refractivity contribution is 5.75. The second kappa shape index (κ2) is 4.37. The molecule has 0 amide bonds. The van der Waals surface area contributed by atoms with Crippen molar-refractivity contribution >= 4 is 5.82 Å². The van der Waals surface area contributed by atoms with E-state index < -0.39 is 0 Å². The number of nitrogens with two attached hydrogens (primary N) is 1. The van der Waals surface area contributed by atoms with Gasteiger partial charge >= 0.3 is 0 Å². The van der Waals surface area contributed by atoms with Gasteiger partial charge in [0.1, 0.15) is 5.82 Å². The SMILES string of the molecule is COc1ccc(-c2cnn(C)c2N)cc1OC. The van der Waals surface area contributed by atoms with Crippen LogP contribution < -0.4 is 15.2 Å². The number of nitrogen functional groups attached to an aromatic ring is 1. The highest BCUT2D eigenvalue weighted by Crippen LogP contribution is 2.34. The lowest BCUT2D eigenvalue weighted by Gasteiger charge is -2.09. The predicted molar refractivity (Wildman–Crippen MR) is 66.2 cm³/mol. The van der Waals surface area contributed by atoms with Gasteiger partial charge in [0, 0.05) is 12.6 Å². The van der Waals surface area contributed by atoms with Crippen molar-refractivity contribution in [3.8, 4) is 22.6 Å². The second-order valence-corrected chi connectivity index (χ2v) is 3.64. The number of aryl methyl sites for hydroxylation is 1. The van der Waals surface area contributed by atoms with E-state index in [0.29, 0.717) is 17.3 Å². The number of aromatic nitrogens is 2. The third-order valence-corrected chi connectivity index (χ3v) is 2.68. The molecule has 17 heavy (non-hydrogen) atoms. The molecule has 2 aromatic rings. The maximum atomic E-state index is 5.93. The Balaban J connectivity index is 2.50. The summed E-state index contributed by atoms with van der Waals surface area (Å²) < 4.78 is 12.1. The summed E-state index contributed by atoms with van der Waals surface area (Å²) in [5.74, 6) is 1.99. The third kappa shape index (κ3) is 1.91. The predicted octanol–water partition coefficient (Wildman–Crippen LogP) is 1.69. The van der Waals surface area contributed by atoms with E-state index in [1.807, 2.05) is 18.2 Å². The number of hydrogen-bond acceptors (Lipinski definition) is 4. The molecule has 0 radical (unpaired) electrons. The lowest BCUT2D eigenvalue weighted by molar-refractivity contribution is 0.355. The summed E-state index contributed by atoms with van der Waals surface area (Å²) in [7, 11) is 5.02. The van der Waals surface area contributed by atoms with Crippen molar-refractivity contribution < 1.29 is 9.47 Å². The van der Waals surface area contributed by atoms with Crippen LogP contribution in [0.25, 0.3) is 11.1 Å². The Bertz CT molecular complexity index is 535. The van der Waals surface area contributed by atoms with E-state index in [1.165, 1.54) is 0 Å².